The molecule has 0 aliphatic rings. The lowest BCUT2D eigenvalue weighted by Gasteiger charge is -2.16. The summed E-state index contributed by atoms with van der Waals surface area (Å²) in [6.07, 6.45) is 1.04. The summed E-state index contributed by atoms with van der Waals surface area (Å²) in [5, 5.41) is 11.9. The van der Waals surface area contributed by atoms with Gasteiger partial charge in [0.2, 0.25) is 10.9 Å². The largest absolute Gasteiger partial charge is 0.490 e. The van der Waals surface area contributed by atoms with Gasteiger partial charge < -0.3 is 14.2 Å². The van der Waals surface area contributed by atoms with Gasteiger partial charge in [0.1, 0.15) is 0 Å². The average Bonchev–Trinajstić information content (AvgIpc) is 3.11. The van der Waals surface area contributed by atoms with Crippen LogP contribution in [0.15, 0.2) is 16.5 Å². The number of hydrogen-bond donors (Lipinski definition) is 1. The number of aromatic nitrogens is 2. The van der Waals surface area contributed by atoms with Gasteiger partial charge in [0.25, 0.3) is 5.91 Å². The van der Waals surface area contributed by atoms with Crippen molar-refractivity contribution in [2.45, 2.75) is 50.6 Å². The molecule has 0 bridgehead atoms. The molecule has 1 amide bonds. The first kappa shape index (κ1) is 22.3. The number of nitrogens with one attached hydrogen (secondary N) is 1. The standard InChI is InChI=1S/C19H27N3O4S2/c1-6-12(5)27-19-22-21-18(28-19)20-17(23)13-10-14(24-7-2)16(26-9-4)15(11-13)25-8-3/h10-12H,6-9H2,1-5H3,(H,20,21,23). The smallest absolute Gasteiger partial charge is 0.257 e. The third-order valence-electron chi connectivity index (χ3n) is 3.68. The third kappa shape index (κ3) is 6.00. The molecule has 0 saturated carbocycles. The van der Waals surface area contributed by atoms with Gasteiger partial charge in [-0.2, -0.15) is 0 Å². The normalized spacial score (nSPS) is 11.8. The minimum atomic E-state index is -0.304. The summed E-state index contributed by atoms with van der Waals surface area (Å²) in [6.45, 7) is 11.3. The number of thioether (sulfide) groups is 1. The second kappa shape index (κ2) is 11.1. The van der Waals surface area contributed by atoms with Crippen LogP contribution in [0.5, 0.6) is 17.2 Å². The lowest BCUT2D eigenvalue weighted by atomic mass is 10.1. The third-order valence-corrected chi connectivity index (χ3v) is 5.87. The molecule has 1 heterocycles. The fraction of sp³-hybridized carbons (Fsp3) is 0.526. The topological polar surface area (TPSA) is 82.6 Å². The number of anilines is 1. The second-order valence-corrected chi connectivity index (χ2v) is 8.43. The lowest BCUT2D eigenvalue weighted by Crippen LogP contribution is -2.13. The van der Waals surface area contributed by atoms with E-state index in [2.05, 4.69) is 29.4 Å². The molecule has 0 spiro atoms. The number of ether oxygens (including phenoxy) is 3. The zero-order chi connectivity index (χ0) is 20.5. The Bertz CT molecular complexity index is 755. The van der Waals surface area contributed by atoms with E-state index in [4.69, 9.17) is 14.2 Å². The molecule has 1 unspecified atom stereocenters. The molecule has 2 aromatic rings. The van der Waals surface area contributed by atoms with Crippen LogP contribution in [0, 0.1) is 0 Å². The summed E-state index contributed by atoms with van der Waals surface area (Å²) in [7, 11) is 0. The molecule has 1 N–H and O–H groups in total. The fourth-order valence-electron chi connectivity index (χ4n) is 2.25. The molecule has 1 atom stereocenters. The van der Waals surface area contributed by atoms with Crippen LogP contribution in [0.25, 0.3) is 0 Å². The first-order valence-electron chi connectivity index (χ1n) is 9.40. The van der Waals surface area contributed by atoms with Gasteiger partial charge in [-0.1, -0.05) is 36.9 Å². The predicted octanol–water partition coefficient (Wildman–Crippen LogP) is 4.88. The maximum Gasteiger partial charge on any atom is 0.257 e. The molecule has 154 valence electrons. The number of benzene rings is 1. The van der Waals surface area contributed by atoms with Gasteiger partial charge in [-0.3, -0.25) is 10.1 Å². The van der Waals surface area contributed by atoms with Crippen molar-refractivity contribution in [3.05, 3.63) is 17.7 Å². The van der Waals surface area contributed by atoms with Crippen molar-refractivity contribution in [2.75, 3.05) is 25.1 Å². The second-order valence-electron chi connectivity index (χ2n) is 5.76. The van der Waals surface area contributed by atoms with E-state index in [1.807, 2.05) is 20.8 Å². The average molecular weight is 426 g/mol. The Morgan fingerprint density at radius 2 is 1.68 bits per heavy atom. The first-order chi connectivity index (χ1) is 13.5. The number of carbonyl (C=O) groups excluding carboxylic acids is 1. The summed E-state index contributed by atoms with van der Waals surface area (Å²) >= 11 is 3.01. The van der Waals surface area contributed by atoms with Crippen LogP contribution in [0.2, 0.25) is 0 Å². The van der Waals surface area contributed by atoms with Crippen molar-refractivity contribution >= 4 is 34.1 Å². The molecule has 0 radical (unpaired) electrons. The number of carbonyl (C=O) groups is 1. The fourth-order valence-corrected chi connectivity index (χ4v) is 4.25. The van der Waals surface area contributed by atoms with Gasteiger partial charge in [0.05, 0.1) is 19.8 Å². The van der Waals surface area contributed by atoms with E-state index in [-0.39, 0.29) is 5.91 Å². The molecule has 9 heteroatoms. The minimum Gasteiger partial charge on any atom is -0.490 e. The monoisotopic (exact) mass is 425 g/mol. The number of amides is 1. The molecule has 2 rings (SSSR count). The zero-order valence-corrected chi connectivity index (χ0v) is 18.5. The van der Waals surface area contributed by atoms with E-state index >= 15 is 0 Å². The summed E-state index contributed by atoms with van der Waals surface area (Å²) in [4.78, 5) is 12.8. The molecule has 1 aromatic carbocycles. The molecular formula is C19H27N3O4S2. The van der Waals surface area contributed by atoms with E-state index in [1.54, 1.807) is 23.9 Å². The summed E-state index contributed by atoms with van der Waals surface area (Å²) in [5.41, 5.74) is 0.404. The van der Waals surface area contributed by atoms with Crippen molar-refractivity contribution in [1.29, 1.82) is 0 Å². The van der Waals surface area contributed by atoms with Crippen molar-refractivity contribution in [3.8, 4) is 17.2 Å². The highest BCUT2D eigenvalue weighted by molar-refractivity contribution is 8.01. The van der Waals surface area contributed by atoms with Crippen molar-refractivity contribution in [1.82, 2.24) is 10.2 Å². The van der Waals surface area contributed by atoms with Crippen LogP contribution in [0.3, 0.4) is 0 Å². The maximum atomic E-state index is 12.8. The summed E-state index contributed by atoms with van der Waals surface area (Å²) in [5.74, 6) is 1.16. The number of hydrogen-bond acceptors (Lipinski definition) is 8. The molecule has 28 heavy (non-hydrogen) atoms. The van der Waals surface area contributed by atoms with E-state index < -0.39 is 0 Å². The van der Waals surface area contributed by atoms with E-state index in [0.717, 1.165) is 10.8 Å². The Balaban J connectivity index is 2.24. The first-order valence-corrected chi connectivity index (χ1v) is 11.1. The van der Waals surface area contributed by atoms with Gasteiger partial charge in [-0.15, -0.1) is 10.2 Å². The molecule has 7 nitrogen and oxygen atoms in total. The molecule has 0 aliphatic carbocycles. The van der Waals surface area contributed by atoms with Gasteiger partial charge in [-0.05, 0) is 39.3 Å². The van der Waals surface area contributed by atoms with Gasteiger partial charge in [-0.25, -0.2) is 0 Å². The molecule has 0 saturated heterocycles. The summed E-state index contributed by atoms with van der Waals surface area (Å²) in [6, 6.07) is 3.31. The molecule has 0 aliphatic heterocycles. The Morgan fingerprint density at radius 3 is 2.21 bits per heavy atom. The highest BCUT2D eigenvalue weighted by Crippen LogP contribution is 2.39. The molecule has 0 fully saturated rings. The van der Waals surface area contributed by atoms with Gasteiger partial charge in [0, 0.05) is 10.8 Å². The van der Waals surface area contributed by atoms with Crippen LogP contribution < -0.4 is 19.5 Å². The minimum absolute atomic E-state index is 0.304. The quantitative estimate of drug-likeness (QED) is 0.406. The van der Waals surface area contributed by atoms with E-state index in [0.29, 0.717) is 53.0 Å². The molecule has 1 aromatic heterocycles. The van der Waals surface area contributed by atoms with Crippen LogP contribution in [-0.4, -0.2) is 41.2 Å². The van der Waals surface area contributed by atoms with Crippen LogP contribution >= 0.6 is 23.1 Å². The van der Waals surface area contributed by atoms with Gasteiger partial charge >= 0.3 is 0 Å². The van der Waals surface area contributed by atoms with Crippen molar-refractivity contribution < 1.29 is 19.0 Å². The van der Waals surface area contributed by atoms with Gasteiger partial charge in [0.15, 0.2) is 15.8 Å². The summed E-state index contributed by atoms with van der Waals surface area (Å²) < 4.78 is 17.8. The number of nitrogens with zero attached hydrogens (tertiary/aromatic N) is 2. The highest BCUT2D eigenvalue weighted by Gasteiger charge is 2.19. The Kier molecular flexibility index (Phi) is 8.85. The highest BCUT2D eigenvalue weighted by atomic mass is 32.2. The Morgan fingerprint density at radius 1 is 1.07 bits per heavy atom. The zero-order valence-electron chi connectivity index (χ0n) is 16.9. The Labute approximate surface area is 174 Å². The van der Waals surface area contributed by atoms with Crippen molar-refractivity contribution in [2.24, 2.45) is 0 Å². The van der Waals surface area contributed by atoms with Crippen LogP contribution in [-0.2, 0) is 0 Å². The van der Waals surface area contributed by atoms with E-state index in [1.165, 1.54) is 11.3 Å². The Hall–Kier alpha value is -2.00. The van der Waals surface area contributed by atoms with E-state index in [9.17, 15) is 4.79 Å². The number of rotatable bonds is 11. The SMILES string of the molecule is CCOc1cc(C(=O)Nc2nnc(SC(C)CC)s2)cc(OCC)c1OCC. The maximum absolute atomic E-state index is 12.8. The van der Waals surface area contributed by atoms with Crippen LogP contribution in [0.4, 0.5) is 5.13 Å². The van der Waals surface area contributed by atoms with Crippen LogP contribution in [0.1, 0.15) is 51.4 Å². The predicted molar refractivity (Wildman–Crippen MR) is 113 cm³/mol. The molecular weight excluding hydrogens is 398 g/mol. The lowest BCUT2D eigenvalue weighted by molar-refractivity contribution is 0.102. The van der Waals surface area contributed by atoms with Crippen molar-refractivity contribution in [3.63, 3.8) is 0 Å².